The van der Waals surface area contributed by atoms with Gasteiger partial charge in [-0.05, 0) is 61.0 Å². The van der Waals surface area contributed by atoms with Gasteiger partial charge in [0.25, 0.3) is 0 Å². The number of nitrogens with one attached hydrogen (secondary N) is 1. The maximum Gasteiger partial charge on any atom is 0.469 e. The number of carbonyl (C=O) groups is 7. The molecule has 0 aromatic carbocycles. The van der Waals surface area contributed by atoms with Crippen molar-refractivity contribution in [1.29, 1.82) is 0 Å². The number of ether oxygens (including phenoxy) is 6. The predicted molar refractivity (Wildman–Crippen MR) is 271 cm³/mol. The van der Waals surface area contributed by atoms with Crippen molar-refractivity contribution in [2.45, 2.75) is 66.8 Å². The number of Topliss-reactive ketones (excluding diaryl/α,β-unsaturated/α-hetero) is 1. The summed E-state index contributed by atoms with van der Waals surface area (Å²) in [5, 5.41) is 2.66. The van der Waals surface area contributed by atoms with Crippen molar-refractivity contribution in [2.24, 2.45) is 0 Å². The Labute approximate surface area is 449 Å². The van der Waals surface area contributed by atoms with E-state index >= 15 is 0 Å². The maximum absolute atomic E-state index is 10.9. The van der Waals surface area contributed by atoms with Crippen molar-refractivity contribution in [1.82, 2.24) is 5.32 Å². The summed E-state index contributed by atoms with van der Waals surface area (Å²) in [5.74, 6) is -3.36. The summed E-state index contributed by atoms with van der Waals surface area (Å²) < 4.78 is 94.2. The van der Waals surface area contributed by atoms with Crippen LogP contribution in [0.5, 0.6) is 0 Å². The summed E-state index contributed by atoms with van der Waals surface area (Å²) >= 11 is 0. The van der Waals surface area contributed by atoms with Gasteiger partial charge in [-0.1, -0.05) is 39.5 Å². The van der Waals surface area contributed by atoms with Crippen molar-refractivity contribution in [3.8, 4) is 0 Å². The SMILES string of the molecule is C=C(C)C(=O)OCCOCCCOP(=O)(O)O.C=C(C)C(=O)OCCOP(=O)(O)O.C=C(C)C(=O)OCCOP(=O)(O)O.C=C(C)C(=O)OCP(=O)(O)O.C=CC(=O)NC(C)(C)CC(C)=O.C=CC(=O)OCCOP(=O)(O)O. The summed E-state index contributed by atoms with van der Waals surface area (Å²) in [6.07, 6.45) is 1.93. The summed E-state index contributed by atoms with van der Waals surface area (Å²) in [6.45, 7) is 29.5. The zero-order chi connectivity index (χ0) is 62.7. The number of amides is 1. The smallest absolute Gasteiger partial charge is 0.460 e. The molecule has 0 aliphatic heterocycles. The molecule has 0 aliphatic rings. The molecule has 78 heavy (non-hydrogen) atoms. The van der Waals surface area contributed by atoms with Crippen LogP contribution in [0, 0.1) is 0 Å². The number of phosphoric ester groups is 4. The molecular weight excluding hydrogens is 1160 g/mol. The van der Waals surface area contributed by atoms with Crippen molar-refractivity contribution in [3.63, 3.8) is 0 Å². The summed E-state index contributed by atoms with van der Waals surface area (Å²) in [6, 6.07) is 0. The van der Waals surface area contributed by atoms with Crippen LogP contribution in [0.3, 0.4) is 0 Å². The molecule has 33 nitrogen and oxygen atoms in total. The van der Waals surface area contributed by atoms with E-state index in [9.17, 15) is 56.4 Å². The number of hydrogen-bond acceptors (Lipinski definition) is 22. The zero-order valence-electron chi connectivity index (χ0n) is 43.8. The van der Waals surface area contributed by atoms with Crippen LogP contribution in [-0.2, 0) is 103 Å². The number of phosphoric acid groups is 4. The highest BCUT2D eigenvalue weighted by Crippen LogP contribution is 2.37. The lowest BCUT2D eigenvalue weighted by Gasteiger charge is -2.23. The fourth-order valence-electron chi connectivity index (χ4n) is 3.26. The van der Waals surface area contributed by atoms with Crippen LogP contribution in [0.15, 0.2) is 73.9 Å². The molecule has 0 saturated carbocycles. The van der Waals surface area contributed by atoms with Crippen molar-refractivity contribution in [2.75, 3.05) is 72.4 Å². The average molecular weight is 1230 g/mol. The third-order valence-electron chi connectivity index (χ3n) is 6.15. The van der Waals surface area contributed by atoms with Gasteiger partial charge in [0.05, 0.1) is 33.0 Å². The van der Waals surface area contributed by atoms with E-state index in [0.29, 0.717) is 18.4 Å². The first kappa shape index (κ1) is 84.8. The average Bonchev–Trinajstić information content (AvgIpc) is 3.26. The lowest BCUT2D eigenvalue weighted by Crippen LogP contribution is -2.43. The fraction of sp³-hybridized carbons (Fsp3) is 0.525. The Hall–Kier alpha value is -4.52. The Morgan fingerprint density at radius 1 is 0.449 bits per heavy atom. The number of rotatable bonds is 31. The molecule has 1 amide bonds. The molecule has 11 N–H and O–H groups in total. The van der Waals surface area contributed by atoms with Gasteiger partial charge in [0.2, 0.25) is 5.91 Å². The Bertz CT molecular complexity index is 2150. The second-order valence-electron chi connectivity index (χ2n) is 14.8. The molecular formula is C40H72NO32P5. The van der Waals surface area contributed by atoms with Gasteiger partial charge in [0.15, 0.2) is 6.35 Å². The standard InChI is InChI=1S/C9H15NO2.C9H17O7P.2C6H11O6P.C5H9O6P.C5H9O5P/c1-5-8(12)10-9(3,4)6-7(2)11;1-8(2)9(10)15-7-6-14-4-3-5-16-17(11,12)13;2*1-5(2)6(7)11-3-4-12-13(8,9)10;1-2-5(6)10-3-4-11-12(7,8)9;1-4(2)5(6)10-3-11(7,8)9/h5H,1,6H2,2-4H3,(H,10,12);1,3-7H2,2H3,(H2,11,12,13);2*1,3-4H2,2H3,(H2,8,9,10);2H,1,3-4H2,(H2,7,8,9);1,3H2,2H3,(H2,7,8,9). The fourth-order valence-corrected chi connectivity index (χ4v) is 4.85. The highest BCUT2D eigenvalue weighted by atomic mass is 31.2. The Kier molecular flexibility index (Phi) is 49.2. The largest absolute Gasteiger partial charge is 0.469 e. The molecule has 0 radical (unpaired) electrons. The molecule has 0 atom stereocenters. The topological polar surface area (TPSA) is 511 Å². The van der Waals surface area contributed by atoms with Crippen molar-refractivity contribution >= 4 is 80.4 Å². The first-order chi connectivity index (χ1) is 35.1. The molecule has 0 rings (SSSR count). The van der Waals surface area contributed by atoms with Crippen LogP contribution >= 0.6 is 38.9 Å². The van der Waals surface area contributed by atoms with Crippen molar-refractivity contribution in [3.05, 3.63) is 73.9 Å². The molecule has 454 valence electrons. The van der Waals surface area contributed by atoms with Gasteiger partial charge in [-0.3, -0.25) is 32.2 Å². The molecule has 0 spiro atoms. The van der Waals surface area contributed by atoms with E-state index < -0.39 is 80.6 Å². The van der Waals surface area contributed by atoms with E-state index in [1.807, 2.05) is 0 Å². The van der Waals surface area contributed by atoms with Crippen LogP contribution < -0.4 is 5.32 Å². The normalized spacial score (nSPS) is 10.9. The van der Waals surface area contributed by atoms with Crippen LogP contribution in [0.2, 0.25) is 0 Å². The van der Waals surface area contributed by atoms with Gasteiger partial charge in [-0.2, -0.15) is 0 Å². The van der Waals surface area contributed by atoms with Gasteiger partial charge in [0, 0.05) is 46.9 Å². The van der Waals surface area contributed by atoms with E-state index in [1.165, 1.54) is 33.8 Å². The lowest BCUT2D eigenvalue weighted by atomic mass is 9.98. The van der Waals surface area contributed by atoms with Crippen LogP contribution in [-0.4, -0.2) is 168 Å². The minimum absolute atomic E-state index is 0.0596. The summed E-state index contributed by atoms with van der Waals surface area (Å²) in [5.41, 5.74) is 0.391. The molecule has 38 heteroatoms. The third kappa shape index (κ3) is 78.0. The van der Waals surface area contributed by atoms with Crippen LogP contribution in [0.1, 0.15) is 61.3 Å². The minimum Gasteiger partial charge on any atom is -0.460 e. The van der Waals surface area contributed by atoms with Crippen LogP contribution in [0.25, 0.3) is 0 Å². The second-order valence-corrected chi connectivity index (χ2v) is 21.4. The minimum atomic E-state index is -4.46. The van der Waals surface area contributed by atoms with Gasteiger partial charge in [0.1, 0.15) is 32.2 Å². The quantitative estimate of drug-likeness (QED) is 0.0156. The van der Waals surface area contributed by atoms with E-state index in [0.717, 1.165) is 6.08 Å². The Balaban J connectivity index is -0.000000201. The summed E-state index contributed by atoms with van der Waals surface area (Å²) in [4.78, 5) is 157. The van der Waals surface area contributed by atoms with Crippen LogP contribution in [0.4, 0.5) is 0 Å². The second kappa shape index (κ2) is 45.2. The molecule has 0 aromatic heterocycles. The predicted octanol–water partition coefficient (Wildman–Crippen LogP) is 2.16. The molecule has 0 aliphatic carbocycles. The maximum atomic E-state index is 10.9. The Morgan fingerprint density at radius 2 is 0.756 bits per heavy atom. The van der Waals surface area contributed by atoms with Gasteiger partial charge in [-0.25, -0.2) is 42.2 Å². The molecule has 0 unspecified atom stereocenters. The van der Waals surface area contributed by atoms with Gasteiger partial charge < -0.3 is 82.7 Å². The van der Waals surface area contributed by atoms with E-state index in [1.54, 1.807) is 20.8 Å². The van der Waals surface area contributed by atoms with E-state index in [2.05, 4.69) is 81.8 Å². The monoisotopic (exact) mass is 1230 g/mol. The lowest BCUT2D eigenvalue weighted by molar-refractivity contribution is -0.141. The molecule has 0 aromatic rings. The van der Waals surface area contributed by atoms with Crippen molar-refractivity contribution < 1.29 is 152 Å². The molecule has 0 fully saturated rings. The zero-order valence-corrected chi connectivity index (χ0v) is 48.3. The van der Waals surface area contributed by atoms with Gasteiger partial charge in [-0.15, -0.1) is 0 Å². The third-order valence-corrected chi connectivity index (χ3v) is 8.70. The number of esters is 5. The number of carbonyl (C=O) groups excluding carboxylic acids is 7. The van der Waals surface area contributed by atoms with Gasteiger partial charge >= 0.3 is 68.7 Å². The Morgan fingerprint density at radius 3 is 1.04 bits per heavy atom. The number of hydrogen-bond donors (Lipinski definition) is 11. The summed E-state index contributed by atoms with van der Waals surface area (Å²) in [7, 11) is -22.0. The first-order valence-electron chi connectivity index (χ1n) is 21.1. The van der Waals surface area contributed by atoms with E-state index in [-0.39, 0.29) is 94.5 Å². The molecule has 0 saturated heterocycles. The highest BCUT2D eigenvalue weighted by Gasteiger charge is 2.21. The first-order valence-corrected chi connectivity index (χ1v) is 29.0. The van der Waals surface area contributed by atoms with E-state index in [4.69, 9.17) is 58.4 Å². The number of ketones is 1. The highest BCUT2D eigenvalue weighted by molar-refractivity contribution is 7.51. The molecule has 0 heterocycles. The molecule has 0 bridgehead atoms.